The summed E-state index contributed by atoms with van der Waals surface area (Å²) in [5, 5.41) is 0. The van der Waals surface area contributed by atoms with E-state index < -0.39 is 0 Å². The molecular weight excluding hydrogens is 340 g/mol. The molecule has 0 aliphatic carbocycles. The molecule has 0 saturated heterocycles. The third-order valence-corrected chi connectivity index (χ3v) is 4.83. The molecule has 0 radical (unpaired) electrons. The molecule has 0 saturated carbocycles. The summed E-state index contributed by atoms with van der Waals surface area (Å²) in [6.45, 7) is 3.13. The summed E-state index contributed by atoms with van der Waals surface area (Å²) in [5.41, 5.74) is 2.76. The maximum atomic E-state index is 13.1. The van der Waals surface area contributed by atoms with Gasteiger partial charge >= 0.3 is 0 Å². The zero-order valence-corrected chi connectivity index (χ0v) is 16.2. The number of methoxy groups -OCH3 is 2. The van der Waals surface area contributed by atoms with Gasteiger partial charge in [-0.05, 0) is 49.6 Å². The number of Topliss-reactive ketones (excluding diaryl/α,β-unsaturated/α-hetero) is 1. The van der Waals surface area contributed by atoms with E-state index in [9.17, 15) is 4.79 Å². The predicted molar refractivity (Wildman–Crippen MR) is 109 cm³/mol. The fraction of sp³-hybridized carbons (Fsp3) is 0.364. The van der Waals surface area contributed by atoms with E-state index in [4.69, 9.17) is 14.5 Å². The molecule has 0 amide bonds. The molecule has 142 valence electrons. The number of rotatable bonds is 6. The number of para-hydroxylation sites is 1. The van der Waals surface area contributed by atoms with Crippen molar-refractivity contribution in [3.63, 3.8) is 0 Å². The molecule has 0 fully saturated rings. The highest BCUT2D eigenvalue weighted by Gasteiger charge is 2.21. The van der Waals surface area contributed by atoms with Crippen LogP contribution < -0.4 is 14.4 Å². The lowest BCUT2D eigenvalue weighted by Crippen LogP contribution is -2.37. The normalized spacial score (nSPS) is 13.7. The van der Waals surface area contributed by atoms with Crippen LogP contribution >= 0.6 is 0 Å². The highest BCUT2D eigenvalue weighted by Crippen LogP contribution is 2.29. The van der Waals surface area contributed by atoms with Crippen LogP contribution in [0.2, 0.25) is 0 Å². The van der Waals surface area contributed by atoms with Crippen LogP contribution in [0.25, 0.3) is 0 Å². The molecule has 27 heavy (non-hydrogen) atoms. The number of nitrogens with zero attached hydrogens (tertiary/aromatic N) is 2. The highest BCUT2D eigenvalue weighted by molar-refractivity contribution is 6.07. The van der Waals surface area contributed by atoms with Gasteiger partial charge in [0.25, 0.3) is 0 Å². The number of aliphatic imine (C=N–C) groups is 1. The van der Waals surface area contributed by atoms with E-state index >= 15 is 0 Å². The van der Waals surface area contributed by atoms with E-state index in [1.54, 1.807) is 32.4 Å². The first-order chi connectivity index (χ1) is 13.1. The van der Waals surface area contributed by atoms with Crippen molar-refractivity contribution in [2.75, 3.05) is 32.2 Å². The van der Waals surface area contributed by atoms with Crippen LogP contribution in [0.5, 0.6) is 11.5 Å². The Hall–Kier alpha value is -2.82. The van der Waals surface area contributed by atoms with Gasteiger partial charge in [0.15, 0.2) is 17.3 Å². The zero-order valence-electron chi connectivity index (χ0n) is 16.2. The zero-order chi connectivity index (χ0) is 19.2. The maximum absolute atomic E-state index is 13.1. The number of ether oxygens (including phenoxy) is 2. The molecule has 2 aromatic carbocycles. The largest absolute Gasteiger partial charge is 0.493 e. The SMILES string of the molecule is COc1ccc(C(=O)CN(C2=NCCCC2)c2ccccc2C)cc1OC. The van der Waals surface area contributed by atoms with E-state index in [0.29, 0.717) is 17.1 Å². The molecule has 2 aromatic rings. The average molecular weight is 366 g/mol. The van der Waals surface area contributed by atoms with Crippen LogP contribution in [0.15, 0.2) is 47.5 Å². The van der Waals surface area contributed by atoms with Crippen molar-refractivity contribution in [1.29, 1.82) is 0 Å². The Balaban J connectivity index is 1.91. The molecule has 1 heterocycles. The van der Waals surface area contributed by atoms with Crippen molar-refractivity contribution in [3.8, 4) is 11.5 Å². The van der Waals surface area contributed by atoms with E-state index in [0.717, 1.165) is 42.9 Å². The Morgan fingerprint density at radius 3 is 2.52 bits per heavy atom. The van der Waals surface area contributed by atoms with Gasteiger partial charge in [-0.1, -0.05) is 18.2 Å². The third-order valence-electron chi connectivity index (χ3n) is 4.83. The number of benzene rings is 2. The van der Waals surface area contributed by atoms with Gasteiger partial charge in [-0.2, -0.15) is 0 Å². The van der Waals surface area contributed by atoms with E-state index in [2.05, 4.69) is 17.9 Å². The Labute approximate surface area is 160 Å². The molecular formula is C22H26N2O3. The number of hydrogen-bond donors (Lipinski definition) is 0. The molecule has 3 rings (SSSR count). The molecule has 0 spiro atoms. The van der Waals surface area contributed by atoms with Crippen molar-refractivity contribution in [1.82, 2.24) is 0 Å². The quantitative estimate of drug-likeness (QED) is 0.716. The molecule has 0 bridgehead atoms. The first-order valence-electron chi connectivity index (χ1n) is 9.25. The van der Waals surface area contributed by atoms with Crippen molar-refractivity contribution in [2.24, 2.45) is 4.99 Å². The van der Waals surface area contributed by atoms with Gasteiger partial charge in [-0.25, -0.2) is 0 Å². The number of carbonyl (C=O) groups is 1. The van der Waals surface area contributed by atoms with Crippen LogP contribution in [0, 0.1) is 6.92 Å². The number of ketones is 1. The second-order valence-corrected chi connectivity index (χ2v) is 6.62. The minimum Gasteiger partial charge on any atom is -0.493 e. The second-order valence-electron chi connectivity index (χ2n) is 6.62. The summed E-state index contributed by atoms with van der Waals surface area (Å²) in [4.78, 5) is 19.8. The number of hydrogen-bond acceptors (Lipinski definition) is 5. The first-order valence-corrected chi connectivity index (χ1v) is 9.25. The van der Waals surface area contributed by atoms with E-state index in [1.807, 2.05) is 18.2 Å². The summed E-state index contributed by atoms with van der Waals surface area (Å²) in [6, 6.07) is 13.4. The van der Waals surface area contributed by atoms with Gasteiger partial charge in [-0.3, -0.25) is 9.79 Å². The van der Waals surface area contributed by atoms with E-state index in [-0.39, 0.29) is 12.3 Å². The highest BCUT2D eigenvalue weighted by atomic mass is 16.5. The van der Waals surface area contributed by atoms with Gasteiger partial charge < -0.3 is 14.4 Å². The van der Waals surface area contributed by atoms with Crippen molar-refractivity contribution in [3.05, 3.63) is 53.6 Å². The van der Waals surface area contributed by atoms with Crippen LogP contribution in [-0.2, 0) is 0 Å². The summed E-state index contributed by atoms with van der Waals surface area (Å²) in [7, 11) is 3.16. The Bertz CT molecular complexity index is 845. The Morgan fingerprint density at radius 2 is 1.85 bits per heavy atom. The maximum Gasteiger partial charge on any atom is 0.182 e. The molecule has 5 heteroatoms. The lowest BCUT2D eigenvalue weighted by Gasteiger charge is -2.29. The van der Waals surface area contributed by atoms with Gasteiger partial charge in [0.05, 0.1) is 20.8 Å². The van der Waals surface area contributed by atoms with Crippen LogP contribution in [0.4, 0.5) is 5.69 Å². The van der Waals surface area contributed by atoms with E-state index in [1.165, 1.54) is 0 Å². The topological polar surface area (TPSA) is 51.1 Å². The molecule has 0 aromatic heterocycles. The summed E-state index contributed by atoms with van der Waals surface area (Å²) in [6.07, 6.45) is 3.11. The van der Waals surface area contributed by atoms with Crippen molar-refractivity contribution < 1.29 is 14.3 Å². The summed E-state index contributed by atoms with van der Waals surface area (Å²) >= 11 is 0. The predicted octanol–water partition coefficient (Wildman–Crippen LogP) is 4.28. The molecule has 5 nitrogen and oxygen atoms in total. The molecule has 0 N–H and O–H groups in total. The summed E-state index contributed by atoms with van der Waals surface area (Å²) < 4.78 is 10.6. The fourth-order valence-corrected chi connectivity index (χ4v) is 3.33. The molecule has 1 aliphatic rings. The van der Waals surface area contributed by atoms with Crippen molar-refractivity contribution >= 4 is 17.3 Å². The van der Waals surface area contributed by atoms with Gasteiger partial charge in [0, 0.05) is 24.2 Å². The van der Waals surface area contributed by atoms with Crippen LogP contribution in [0.3, 0.4) is 0 Å². The lowest BCUT2D eigenvalue weighted by molar-refractivity contribution is 0.100. The van der Waals surface area contributed by atoms with Crippen LogP contribution in [-0.4, -0.2) is 38.9 Å². The van der Waals surface area contributed by atoms with Gasteiger partial charge in [0.1, 0.15) is 5.84 Å². The van der Waals surface area contributed by atoms with Crippen molar-refractivity contribution in [2.45, 2.75) is 26.2 Å². The van der Waals surface area contributed by atoms with Gasteiger partial charge in [-0.15, -0.1) is 0 Å². The van der Waals surface area contributed by atoms with Gasteiger partial charge in [0.2, 0.25) is 0 Å². The van der Waals surface area contributed by atoms with Crippen LogP contribution in [0.1, 0.15) is 35.2 Å². The molecule has 0 atom stereocenters. The molecule has 1 aliphatic heterocycles. The third kappa shape index (κ3) is 4.30. The number of anilines is 1. The Morgan fingerprint density at radius 1 is 1.07 bits per heavy atom. The minimum absolute atomic E-state index is 0.0208. The fourth-order valence-electron chi connectivity index (χ4n) is 3.33. The number of carbonyl (C=O) groups excluding carboxylic acids is 1. The summed E-state index contributed by atoms with van der Waals surface area (Å²) in [5.74, 6) is 2.18. The number of aryl methyl sites for hydroxylation is 1. The second kappa shape index (κ2) is 8.71. The standard InChI is InChI=1S/C22H26N2O3/c1-16-8-4-5-9-18(16)24(22-10-6-7-13-23-22)15-19(25)17-11-12-20(26-2)21(14-17)27-3/h4-5,8-9,11-12,14H,6-7,10,13,15H2,1-3H3. The Kier molecular flexibility index (Phi) is 6.12. The monoisotopic (exact) mass is 366 g/mol. The smallest absolute Gasteiger partial charge is 0.182 e. The lowest BCUT2D eigenvalue weighted by atomic mass is 10.1. The average Bonchev–Trinajstić information content (AvgIpc) is 2.72. The minimum atomic E-state index is 0.0208. The molecule has 0 unspecified atom stereocenters. The first kappa shape index (κ1) is 19.0. The number of amidine groups is 1.